The second-order valence-electron chi connectivity index (χ2n) is 4.56. The highest BCUT2D eigenvalue weighted by molar-refractivity contribution is 9.10. The molecule has 0 aliphatic heterocycles. The largest absolute Gasteiger partial charge is 0.497 e. The van der Waals surface area contributed by atoms with Gasteiger partial charge in [0.2, 0.25) is 0 Å². The molecule has 0 saturated heterocycles. The van der Waals surface area contributed by atoms with Crippen LogP contribution in [0.15, 0.2) is 45.3 Å². The van der Waals surface area contributed by atoms with E-state index in [4.69, 9.17) is 9.47 Å². The van der Waals surface area contributed by atoms with E-state index in [-0.39, 0.29) is 0 Å². The van der Waals surface area contributed by atoms with Crippen molar-refractivity contribution in [3.05, 3.63) is 56.5 Å². The van der Waals surface area contributed by atoms with E-state index in [1.165, 1.54) is 0 Å². The molecule has 5 heteroatoms. The summed E-state index contributed by atoms with van der Waals surface area (Å²) < 4.78 is 12.4. The maximum absolute atomic E-state index is 10.5. The van der Waals surface area contributed by atoms with Crippen LogP contribution in [0.2, 0.25) is 0 Å². The number of halogens is 2. The van der Waals surface area contributed by atoms with E-state index in [1.807, 2.05) is 36.4 Å². The standard InChI is InChI=1S/C16H16Br2O3/c1-20-12-4-5-14(18)13(9-12)15(19)8-10-7-11(17)3-6-16(10)21-2/h3-7,9,15,19H,8H2,1-2H3. The second-order valence-corrected chi connectivity index (χ2v) is 6.33. The van der Waals surface area contributed by atoms with Gasteiger partial charge in [0.15, 0.2) is 0 Å². The van der Waals surface area contributed by atoms with Crippen LogP contribution >= 0.6 is 31.9 Å². The molecule has 21 heavy (non-hydrogen) atoms. The van der Waals surface area contributed by atoms with Gasteiger partial charge in [0.1, 0.15) is 11.5 Å². The maximum atomic E-state index is 10.5. The quantitative estimate of drug-likeness (QED) is 0.780. The maximum Gasteiger partial charge on any atom is 0.122 e. The molecule has 3 nitrogen and oxygen atoms in total. The van der Waals surface area contributed by atoms with Gasteiger partial charge in [-0.2, -0.15) is 0 Å². The summed E-state index contributed by atoms with van der Waals surface area (Å²) in [4.78, 5) is 0. The van der Waals surface area contributed by atoms with Crippen LogP contribution in [0.3, 0.4) is 0 Å². The highest BCUT2D eigenvalue weighted by Gasteiger charge is 2.16. The van der Waals surface area contributed by atoms with Crippen molar-refractivity contribution in [1.82, 2.24) is 0 Å². The van der Waals surface area contributed by atoms with E-state index >= 15 is 0 Å². The number of ether oxygens (including phenoxy) is 2. The van der Waals surface area contributed by atoms with Crippen molar-refractivity contribution in [3.63, 3.8) is 0 Å². The highest BCUT2D eigenvalue weighted by atomic mass is 79.9. The lowest BCUT2D eigenvalue weighted by Crippen LogP contribution is -2.05. The van der Waals surface area contributed by atoms with Crippen molar-refractivity contribution in [2.75, 3.05) is 14.2 Å². The van der Waals surface area contributed by atoms with Crippen LogP contribution in [0.25, 0.3) is 0 Å². The van der Waals surface area contributed by atoms with Gasteiger partial charge in [0.25, 0.3) is 0 Å². The van der Waals surface area contributed by atoms with E-state index in [1.54, 1.807) is 14.2 Å². The van der Waals surface area contributed by atoms with E-state index in [0.29, 0.717) is 12.2 Å². The molecule has 0 spiro atoms. The highest BCUT2D eigenvalue weighted by Crippen LogP contribution is 2.32. The van der Waals surface area contributed by atoms with Crippen LogP contribution in [0.4, 0.5) is 0 Å². The summed E-state index contributed by atoms with van der Waals surface area (Å²) in [6.07, 6.45) is -0.202. The number of hydrogen-bond acceptors (Lipinski definition) is 3. The van der Waals surface area contributed by atoms with Crippen molar-refractivity contribution in [3.8, 4) is 11.5 Å². The summed E-state index contributed by atoms with van der Waals surface area (Å²) in [6.45, 7) is 0. The lowest BCUT2D eigenvalue weighted by molar-refractivity contribution is 0.176. The average molecular weight is 416 g/mol. The summed E-state index contributed by atoms with van der Waals surface area (Å²) in [5.41, 5.74) is 1.73. The first kappa shape index (κ1) is 16.3. The number of aliphatic hydroxyl groups is 1. The fraction of sp³-hybridized carbons (Fsp3) is 0.250. The van der Waals surface area contributed by atoms with E-state index in [0.717, 1.165) is 25.8 Å². The lowest BCUT2D eigenvalue weighted by atomic mass is 10.0. The molecule has 0 amide bonds. The van der Waals surface area contributed by atoms with Gasteiger partial charge in [-0.05, 0) is 47.5 Å². The molecule has 2 aromatic carbocycles. The van der Waals surface area contributed by atoms with Crippen LogP contribution in [0.5, 0.6) is 11.5 Å². The van der Waals surface area contributed by atoms with Crippen LogP contribution in [0.1, 0.15) is 17.2 Å². The molecule has 0 heterocycles. The Kier molecular flexibility index (Phi) is 5.67. The molecule has 1 N–H and O–H groups in total. The van der Waals surface area contributed by atoms with Gasteiger partial charge in [0.05, 0.1) is 20.3 Å². The predicted octanol–water partition coefficient (Wildman–Crippen LogP) is 4.50. The van der Waals surface area contributed by atoms with Gasteiger partial charge in [-0.3, -0.25) is 0 Å². The fourth-order valence-corrected chi connectivity index (χ4v) is 3.05. The SMILES string of the molecule is COc1ccc(Br)c(C(O)Cc2cc(Br)ccc2OC)c1. The minimum Gasteiger partial charge on any atom is -0.497 e. The monoisotopic (exact) mass is 414 g/mol. The van der Waals surface area contributed by atoms with Crippen molar-refractivity contribution < 1.29 is 14.6 Å². The Labute approximate surface area is 141 Å². The van der Waals surface area contributed by atoms with Crippen LogP contribution in [-0.4, -0.2) is 19.3 Å². The first-order valence-electron chi connectivity index (χ1n) is 6.39. The molecule has 1 unspecified atom stereocenters. The zero-order valence-electron chi connectivity index (χ0n) is 11.8. The minimum atomic E-state index is -0.655. The zero-order chi connectivity index (χ0) is 15.4. The Balaban J connectivity index is 2.29. The average Bonchev–Trinajstić information content (AvgIpc) is 2.48. The smallest absolute Gasteiger partial charge is 0.122 e. The summed E-state index contributed by atoms with van der Waals surface area (Å²) in [6, 6.07) is 11.3. The topological polar surface area (TPSA) is 38.7 Å². The number of methoxy groups -OCH3 is 2. The first-order valence-corrected chi connectivity index (χ1v) is 7.97. The molecule has 0 radical (unpaired) electrons. The fourth-order valence-electron chi connectivity index (χ4n) is 2.13. The number of rotatable bonds is 5. The normalized spacial score (nSPS) is 12.0. The second kappa shape index (κ2) is 7.29. The molecule has 0 aliphatic carbocycles. The van der Waals surface area contributed by atoms with Gasteiger partial charge in [-0.25, -0.2) is 0 Å². The van der Waals surface area contributed by atoms with Gasteiger partial charge >= 0.3 is 0 Å². The zero-order valence-corrected chi connectivity index (χ0v) is 14.9. The van der Waals surface area contributed by atoms with Crippen LogP contribution in [0, 0.1) is 0 Å². The van der Waals surface area contributed by atoms with Gasteiger partial charge in [-0.1, -0.05) is 31.9 Å². The summed E-state index contributed by atoms with van der Waals surface area (Å²) in [5.74, 6) is 1.48. The molecular weight excluding hydrogens is 400 g/mol. The van der Waals surface area contributed by atoms with E-state index < -0.39 is 6.10 Å². The van der Waals surface area contributed by atoms with Crippen molar-refractivity contribution in [2.24, 2.45) is 0 Å². The Morgan fingerprint density at radius 1 is 1.05 bits per heavy atom. The van der Waals surface area contributed by atoms with Crippen LogP contribution < -0.4 is 9.47 Å². The summed E-state index contributed by atoms with van der Waals surface area (Å²) in [7, 11) is 3.23. The Bertz CT molecular complexity index is 629. The minimum absolute atomic E-state index is 0.453. The van der Waals surface area contributed by atoms with Gasteiger partial charge in [0, 0.05) is 15.4 Å². The molecule has 0 aliphatic rings. The molecule has 0 aromatic heterocycles. The Hall–Kier alpha value is -1.04. The molecule has 0 saturated carbocycles. The van der Waals surface area contributed by atoms with Gasteiger partial charge in [-0.15, -0.1) is 0 Å². The Morgan fingerprint density at radius 3 is 2.48 bits per heavy atom. The molecule has 0 bridgehead atoms. The van der Waals surface area contributed by atoms with Gasteiger partial charge < -0.3 is 14.6 Å². The third kappa shape index (κ3) is 3.99. The summed E-state index contributed by atoms with van der Waals surface area (Å²) >= 11 is 6.91. The third-order valence-electron chi connectivity index (χ3n) is 3.22. The first-order chi connectivity index (χ1) is 10.0. The molecule has 112 valence electrons. The molecular formula is C16H16Br2O3. The van der Waals surface area contributed by atoms with Crippen molar-refractivity contribution >= 4 is 31.9 Å². The van der Waals surface area contributed by atoms with Crippen molar-refractivity contribution in [2.45, 2.75) is 12.5 Å². The van der Waals surface area contributed by atoms with E-state index in [9.17, 15) is 5.11 Å². The number of benzene rings is 2. The number of hydrogen-bond donors (Lipinski definition) is 1. The molecule has 2 rings (SSSR count). The third-order valence-corrected chi connectivity index (χ3v) is 4.43. The van der Waals surface area contributed by atoms with E-state index in [2.05, 4.69) is 31.9 Å². The molecule has 1 atom stereocenters. The van der Waals surface area contributed by atoms with Crippen LogP contribution in [-0.2, 0) is 6.42 Å². The predicted molar refractivity (Wildman–Crippen MR) is 90.1 cm³/mol. The number of aliphatic hydroxyl groups excluding tert-OH is 1. The molecule has 2 aromatic rings. The summed E-state index contributed by atoms with van der Waals surface area (Å²) in [5, 5.41) is 10.5. The lowest BCUT2D eigenvalue weighted by Gasteiger charge is -2.16. The van der Waals surface area contributed by atoms with Crippen molar-refractivity contribution in [1.29, 1.82) is 0 Å². The molecule has 0 fully saturated rings. The Morgan fingerprint density at radius 2 is 1.81 bits per heavy atom.